The summed E-state index contributed by atoms with van der Waals surface area (Å²) >= 11 is 9.57. The standard InChI is InChI=1S/C24H18I2N2O3S/c1-27-22(29)18(23(30)28(2)24(27)32)10-15-11-19(25)21(20(26)12-15)31-13-14-7-8-16-5-3-4-6-17(16)9-14/h3-12H,13H2,1-2H3. The van der Waals surface area contributed by atoms with Crippen LogP contribution in [0.15, 0.2) is 60.2 Å². The van der Waals surface area contributed by atoms with Crippen molar-refractivity contribution in [2.45, 2.75) is 6.61 Å². The van der Waals surface area contributed by atoms with Gasteiger partial charge in [0.1, 0.15) is 17.9 Å². The highest BCUT2D eigenvalue weighted by molar-refractivity contribution is 14.1. The quantitative estimate of drug-likeness (QED) is 0.166. The van der Waals surface area contributed by atoms with E-state index >= 15 is 0 Å². The summed E-state index contributed by atoms with van der Waals surface area (Å²) < 4.78 is 7.93. The molecule has 0 spiro atoms. The number of amides is 2. The monoisotopic (exact) mass is 668 g/mol. The molecule has 2 amide bonds. The minimum atomic E-state index is -0.403. The molecule has 0 atom stereocenters. The maximum absolute atomic E-state index is 12.6. The lowest BCUT2D eigenvalue weighted by atomic mass is 10.1. The third-order valence-electron chi connectivity index (χ3n) is 5.17. The van der Waals surface area contributed by atoms with E-state index in [1.165, 1.54) is 20.6 Å². The Bertz CT molecular complexity index is 1260. The minimum absolute atomic E-state index is 0.0834. The van der Waals surface area contributed by atoms with Crippen LogP contribution in [-0.4, -0.2) is 40.8 Å². The smallest absolute Gasteiger partial charge is 0.265 e. The summed E-state index contributed by atoms with van der Waals surface area (Å²) in [6.07, 6.45) is 1.61. The Morgan fingerprint density at radius 3 is 2.12 bits per heavy atom. The van der Waals surface area contributed by atoms with E-state index < -0.39 is 11.8 Å². The van der Waals surface area contributed by atoms with Gasteiger partial charge in [-0.25, -0.2) is 0 Å². The van der Waals surface area contributed by atoms with Crippen LogP contribution >= 0.6 is 57.4 Å². The average molecular weight is 668 g/mol. The van der Waals surface area contributed by atoms with Gasteiger partial charge in [-0.05, 0) is 104 Å². The number of carbonyl (C=O) groups excluding carboxylic acids is 2. The molecule has 0 saturated carbocycles. The van der Waals surface area contributed by atoms with Gasteiger partial charge in [0.15, 0.2) is 5.11 Å². The molecular formula is C24H18I2N2O3S. The van der Waals surface area contributed by atoms with Crippen LogP contribution in [0.1, 0.15) is 11.1 Å². The molecular weight excluding hydrogens is 650 g/mol. The van der Waals surface area contributed by atoms with Gasteiger partial charge >= 0.3 is 0 Å². The number of halogens is 2. The van der Waals surface area contributed by atoms with Crippen LogP contribution in [0.2, 0.25) is 0 Å². The topological polar surface area (TPSA) is 49.9 Å². The van der Waals surface area contributed by atoms with Gasteiger partial charge in [-0.3, -0.25) is 19.4 Å². The fourth-order valence-electron chi connectivity index (χ4n) is 3.43. The van der Waals surface area contributed by atoms with Crippen LogP contribution in [0.4, 0.5) is 0 Å². The van der Waals surface area contributed by atoms with Gasteiger partial charge in [0.05, 0.1) is 7.14 Å². The Balaban J connectivity index is 1.58. The zero-order valence-corrected chi connectivity index (χ0v) is 22.4. The highest BCUT2D eigenvalue weighted by Gasteiger charge is 2.35. The molecule has 1 heterocycles. The van der Waals surface area contributed by atoms with Gasteiger partial charge in [0.2, 0.25) is 0 Å². The second-order valence-corrected chi connectivity index (χ2v) is 10.0. The number of thiocarbonyl (C=S) groups is 1. The normalized spacial score (nSPS) is 14.4. The van der Waals surface area contributed by atoms with E-state index in [4.69, 9.17) is 17.0 Å². The highest BCUT2D eigenvalue weighted by Crippen LogP contribution is 2.31. The molecule has 0 radical (unpaired) electrons. The van der Waals surface area contributed by atoms with Crippen molar-refractivity contribution < 1.29 is 14.3 Å². The molecule has 0 aliphatic carbocycles. The van der Waals surface area contributed by atoms with Crippen molar-refractivity contribution in [1.29, 1.82) is 0 Å². The lowest BCUT2D eigenvalue weighted by molar-refractivity contribution is -0.132. The summed E-state index contributed by atoms with van der Waals surface area (Å²) in [7, 11) is 3.14. The third kappa shape index (κ3) is 4.53. The van der Waals surface area contributed by atoms with Crippen molar-refractivity contribution in [2.24, 2.45) is 0 Å². The van der Waals surface area contributed by atoms with Gasteiger partial charge in [0, 0.05) is 14.1 Å². The zero-order chi connectivity index (χ0) is 23.0. The van der Waals surface area contributed by atoms with Gasteiger partial charge in [0.25, 0.3) is 11.8 Å². The summed E-state index contributed by atoms with van der Waals surface area (Å²) in [6, 6.07) is 18.3. The third-order valence-corrected chi connectivity index (χ3v) is 7.32. The van der Waals surface area contributed by atoms with Gasteiger partial charge in [-0.15, -0.1) is 0 Å². The first-order chi connectivity index (χ1) is 15.3. The fourth-order valence-corrected chi connectivity index (χ4v) is 5.72. The van der Waals surface area contributed by atoms with Crippen molar-refractivity contribution in [2.75, 3.05) is 14.1 Å². The molecule has 3 aromatic rings. The van der Waals surface area contributed by atoms with Crippen molar-refractivity contribution in [3.63, 3.8) is 0 Å². The van der Waals surface area contributed by atoms with Crippen LogP contribution in [0, 0.1) is 7.14 Å². The average Bonchev–Trinajstić information content (AvgIpc) is 2.78. The molecule has 162 valence electrons. The molecule has 0 aromatic heterocycles. The number of likely N-dealkylation sites (N-methyl/N-ethyl adjacent to an activating group) is 2. The van der Waals surface area contributed by atoms with Crippen LogP contribution in [0.5, 0.6) is 5.75 Å². The Morgan fingerprint density at radius 1 is 0.906 bits per heavy atom. The Kier molecular flexibility index (Phi) is 6.82. The predicted octanol–water partition coefficient (Wildman–Crippen LogP) is 5.23. The van der Waals surface area contributed by atoms with E-state index in [-0.39, 0.29) is 10.7 Å². The van der Waals surface area contributed by atoms with E-state index in [1.54, 1.807) is 20.2 Å². The fraction of sp³-hybridized carbons (Fsp3) is 0.125. The summed E-state index contributed by atoms with van der Waals surface area (Å²) in [4.78, 5) is 27.8. The Labute approximate surface area is 218 Å². The van der Waals surface area contributed by atoms with E-state index in [9.17, 15) is 9.59 Å². The number of hydrogen-bond donors (Lipinski definition) is 0. The summed E-state index contributed by atoms with van der Waals surface area (Å²) in [5.41, 5.74) is 1.92. The van der Waals surface area contributed by atoms with Crippen molar-refractivity contribution in [3.8, 4) is 5.75 Å². The Morgan fingerprint density at radius 2 is 1.50 bits per heavy atom. The number of carbonyl (C=O) groups is 2. The number of hydrogen-bond acceptors (Lipinski definition) is 4. The number of benzene rings is 3. The zero-order valence-electron chi connectivity index (χ0n) is 17.3. The van der Waals surface area contributed by atoms with E-state index in [0.717, 1.165) is 24.0 Å². The molecule has 1 saturated heterocycles. The molecule has 32 heavy (non-hydrogen) atoms. The first-order valence-corrected chi connectivity index (χ1v) is 12.2. The lowest BCUT2D eigenvalue weighted by Gasteiger charge is -2.31. The summed E-state index contributed by atoms with van der Waals surface area (Å²) in [5, 5.41) is 2.57. The first kappa shape index (κ1) is 23.1. The van der Waals surface area contributed by atoms with Gasteiger partial charge in [-0.1, -0.05) is 36.4 Å². The van der Waals surface area contributed by atoms with E-state index in [2.05, 4.69) is 75.5 Å². The molecule has 5 nitrogen and oxygen atoms in total. The number of nitrogens with zero attached hydrogens (tertiary/aromatic N) is 2. The molecule has 8 heteroatoms. The molecule has 0 unspecified atom stereocenters. The predicted molar refractivity (Wildman–Crippen MR) is 146 cm³/mol. The molecule has 3 aromatic carbocycles. The van der Waals surface area contributed by atoms with Crippen LogP contribution < -0.4 is 4.74 Å². The Hall–Kier alpha value is -2.05. The van der Waals surface area contributed by atoms with Crippen LogP contribution in [-0.2, 0) is 16.2 Å². The van der Waals surface area contributed by atoms with Crippen LogP contribution in [0.25, 0.3) is 16.8 Å². The lowest BCUT2D eigenvalue weighted by Crippen LogP contribution is -2.52. The van der Waals surface area contributed by atoms with Crippen LogP contribution in [0.3, 0.4) is 0 Å². The minimum Gasteiger partial charge on any atom is -0.487 e. The van der Waals surface area contributed by atoms with E-state index in [0.29, 0.717) is 6.61 Å². The highest BCUT2D eigenvalue weighted by atomic mass is 127. The number of ether oxygens (including phenoxy) is 1. The molecule has 1 aliphatic rings. The summed E-state index contributed by atoms with van der Waals surface area (Å²) in [5.74, 6) is -0.0299. The maximum atomic E-state index is 12.6. The second kappa shape index (κ2) is 9.44. The first-order valence-electron chi connectivity index (χ1n) is 9.67. The van der Waals surface area contributed by atoms with E-state index in [1.807, 2.05) is 24.3 Å². The maximum Gasteiger partial charge on any atom is 0.265 e. The van der Waals surface area contributed by atoms with Crippen molar-refractivity contribution >= 4 is 91.2 Å². The largest absolute Gasteiger partial charge is 0.487 e. The number of rotatable bonds is 4. The summed E-state index contributed by atoms with van der Waals surface area (Å²) in [6.45, 7) is 0.446. The molecule has 1 fully saturated rings. The van der Waals surface area contributed by atoms with Gasteiger partial charge in [-0.2, -0.15) is 0 Å². The second-order valence-electron chi connectivity index (χ2n) is 7.35. The van der Waals surface area contributed by atoms with Gasteiger partial charge < -0.3 is 4.74 Å². The SMILES string of the molecule is CN1C(=O)C(=Cc2cc(I)c(OCc3ccc4ccccc4c3)c(I)c2)C(=O)N(C)C1=S. The molecule has 0 bridgehead atoms. The molecule has 0 N–H and O–H groups in total. The number of fused-ring (bicyclic) bond motifs is 1. The molecule has 4 rings (SSSR count). The van der Waals surface area contributed by atoms with Crippen molar-refractivity contribution in [1.82, 2.24) is 9.80 Å². The molecule has 1 aliphatic heterocycles. The van der Waals surface area contributed by atoms with Crippen molar-refractivity contribution in [3.05, 3.63) is 78.4 Å².